The van der Waals surface area contributed by atoms with E-state index < -0.39 is 0 Å². The second-order valence-corrected chi connectivity index (χ2v) is 6.66. The summed E-state index contributed by atoms with van der Waals surface area (Å²) < 4.78 is 1.61. The van der Waals surface area contributed by atoms with Crippen LogP contribution < -0.4 is 0 Å². The Balaban J connectivity index is 1.59. The lowest BCUT2D eigenvalue weighted by atomic mass is 9.78. The summed E-state index contributed by atoms with van der Waals surface area (Å²) in [5.74, 6) is 1.43. The lowest BCUT2D eigenvalue weighted by Crippen LogP contribution is -2.50. The van der Waals surface area contributed by atoms with Gasteiger partial charge in [-0.3, -0.25) is 4.79 Å². The van der Waals surface area contributed by atoms with E-state index in [0.717, 1.165) is 18.9 Å². The van der Waals surface area contributed by atoms with Crippen LogP contribution >= 0.6 is 11.8 Å². The summed E-state index contributed by atoms with van der Waals surface area (Å²) >= 11 is 1.43. The number of rotatable bonds is 3. The highest BCUT2D eigenvalue weighted by molar-refractivity contribution is 7.99. The third kappa shape index (κ3) is 2.82. The predicted molar refractivity (Wildman–Crippen MR) is 76.2 cm³/mol. The number of amides is 1. The molecule has 1 aliphatic heterocycles. The van der Waals surface area contributed by atoms with Gasteiger partial charge in [0.1, 0.15) is 0 Å². The number of aromatic nitrogens is 4. The first-order valence-electron chi connectivity index (χ1n) is 7.40. The molecule has 0 radical (unpaired) electrons. The van der Waals surface area contributed by atoms with Crippen molar-refractivity contribution in [2.24, 2.45) is 13.0 Å². The zero-order valence-corrected chi connectivity index (χ0v) is 12.7. The molecule has 2 heterocycles. The van der Waals surface area contributed by atoms with E-state index in [1.165, 1.54) is 43.9 Å². The van der Waals surface area contributed by atoms with Crippen LogP contribution in [-0.4, -0.2) is 49.4 Å². The molecule has 0 unspecified atom stereocenters. The predicted octanol–water partition coefficient (Wildman–Crippen LogP) is 1.48. The summed E-state index contributed by atoms with van der Waals surface area (Å²) in [6.07, 6.45) is 7.55. The fourth-order valence-corrected chi connectivity index (χ4v) is 4.22. The van der Waals surface area contributed by atoms with Crippen LogP contribution in [0.25, 0.3) is 0 Å². The third-order valence-electron chi connectivity index (χ3n) is 4.47. The van der Waals surface area contributed by atoms with Gasteiger partial charge < -0.3 is 4.90 Å². The van der Waals surface area contributed by atoms with Crippen molar-refractivity contribution < 1.29 is 4.79 Å². The maximum atomic E-state index is 12.5. The maximum Gasteiger partial charge on any atom is 0.233 e. The maximum absolute atomic E-state index is 12.5. The molecule has 0 bridgehead atoms. The van der Waals surface area contributed by atoms with Crippen LogP contribution in [0.15, 0.2) is 5.16 Å². The summed E-state index contributed by atoms with van der Waals surface area (Å²) in [7, 11) is 1.80. The standard InChI is InChI=1S/C13H21N5OS/c1-17-13(14-15-16-17)20-9-12(19)18-8-4-6-10-5-2-3-7-11(10)18/h10-11H,2-9H2,1H3/t10-,11-/m0/s1. The van der Waals surface area contributed by atoms with Crippen LogP contribution in [0.1, 0.15) is 38.5 Å². The van der Waals surface area contributed by atoms with Crippen LogP contribution in [-0.2, 0) is 11.8 Å². The van der Waals surface area contributed by atoms with Gasteiger partial charge in [-0.25, -0.2) is 4.68 Å². The number of carbonyl (C=O) groups excluding carboxylic acids is 1. The Morgan fingerprint density at radius 2 is 2.10 bits per heavy atom. The topological polar surface area (TPSA) is 63.9 Å². The van der Waals surface area contributed by atoms with E-state index >= 15 is 0 Å². The molecule has 1 aromatic heterocycles. The first-order chi connectivity index (χ1) is 9.75. The summed E-state index contributed by atoms with van der Waals surface area (Å²) in [5, 5.41) is 12.0. The Kier molecular flexibility index (Phi) is 4.24. The van der Waals surface area contributed by atoms with Crippen molar-refractivity contribution in [1.29, 1.82) is 0 Å². The number of aryl methyl sites for hydroxylation is 1. The van der Waals surface area contributed by atoms with Gasteiger partial charge in [-0.05, 0) is 42.0 Å². The molecule has 1 aliphatic carbocycles. The molecule has 0 spiro atoms. The van der Waals surface area contributed by atoms with Gasteiger partial charge in [0.15, 0.2) is 0 Å². The number of piperidine rings is 1. The Bertz CT molecular complexity index is 475. The molecule has 2 atom stereocenters. The Morgan fingerprint density at radius 1 is 1.30 bits per heavy atom. The molecule has 110 valence electrons. The third-order valence-corrected chi connectivity index (χ3v) is 5.46. The monoisotopic (exact) mass is 295 g/mol. The number of fused-ring (bicyclic) bond motifs is 1. The number of likely N-dealkylation sites (tertiary alicyclic amines) is 1. The lowest BCUT2D eigenvalue weighted by Gasteiger charge is -2.44. The number of tetrazole rings is 1. The largest absolute Gasteiger partial charge is 0.339 e. The molecule has 3 rings (SSSR count). The van der Waals surface area contributed by atoms with Gasteiger partial charge in [0.2, 0.25) is 11.1 Å². The van der Waals surface area contributed by atoms with E-state index in [4.69, 9.17) is 0 Å². The van der Waals surface area contributed by atoms with Gasteiger partial charge in [0.25, 0.3) is 0 Å². The van der Waals surface area contributed by atoms with Gasteiger partial charge >= 0.3 is 0 Å². The molecule has 1 amide bonds. The zero-order chi connectivity index (χ0) is 13.9. The average Bonchev–Trinajstić information content (AvgIpc) is 2.89. The van der Waals surface area contributed by atoms with Crippen molar-refractivity contribution in [3.05, 3.63) is 0 Å². The highest BCUT2D eigenvalue weighted by Gasteiger charge is 2.35. The summed E-state index contributed by atoms with van der Waals surface area (Å²) in [6, 6.07) is 0.489. The summed E-state index contributed by atoms with van der Waals surface area (Å²) in [5.41, 5.74) is 0. The minimum atomic E-state index is 0.245. The molecule has 2 fully saturated rings. The molecule has 0 N–H and O–H groups in total. The first-order valence-corrected chi connectivity index (χ1v) is 8.39. The van der Waals surface area contributed by atoms with Crippen molar-refractivity contribution in [2.45, 2.75) is 49.7 Å². The molecule has 20 heavy (non-hydrogen) atoms. The number of thioether (sulfide) groups is 1. The van der Waals surface area contributed by atoms with Crippen LogP contribution in [0.3, 0.4) is 0 Å². The number of hydrogen-bond donors (Lipinski definition) is 0. The molecule has 1 saturated carbocycles. The van der Waals surface area contributed by atoms with E-state index in [2.05, 4.69) is 20.4 Å². The quantitative estimate of drug-likeness (QED) is 0.790. The van der Waals surface area contributed by atoms with Crippen molar-refractivity contribution in [2.75, 3.05) is 12.3 Å². The smallest absolute Gasteiger partial charge is 0.233 e. The number of carbonyl (C=O) groups is 1. The molecule has 7 heteroatoms. The zero-order valence-electron chi connectivity index (χ0n) is 11.9. The minimum absolute atomic E-state index is 0.245. The average molecular weight is 295 g/mol. The Labute approximate surface area is 123 Å². The van der Waals surface area contributed by atoms with Crippen LogP contribution in [0, 0.1) is 5.92 Å². The van der Waals surface area contributed by atoms with E-state index in [1.54, 1.807) is 11.7 Å². The van der Waals surface area contributed by atoms with Crippen molar-refractivity contribution in [3.63, 3.8) is 0 Å². The second-order valence-electron chi connectivity index (χ2n) is 5.71. The van der Waals surface area contributed by atoms with Crippen LogP contribution in [0.4, 0.5) is 0 Å². The van der Waals surface area contributed by atoms with Gasteiger partial charge in [-0.2, -0.15) is 0 Å². The van der Waals surface area contributed by atoms with E-state index in [0.29, 0.717) is 17.0 Å². The van der Waals surface area contributed by atoms with Crippen LogP contribution in [0.5, 0.6) is 0 Å². The fourth-order valence-electron chi connectivity index (χ4n) is 3.49. The van der Waals surface area contributed by atoms with Crippen molar-refractivity contribution in [1.82, 2.24) is 25.1 Å². The van der Waals surface area contributed by atoms with Crippen molar-refractivity contribution in [3.8, 4) is 0 Å². The first kappa shape index (κ1) is 13.9. The normalized spacial score (nSPS) is 26.4. The molecule has 1 aromatic rings. The van der Waals surface area contributed by atoms with Gasteiger partial charge in [0, 0.05) is 19.6 Å². The molecule has 1 saturated heterocycles. The number of nitrogens with zero attached hydrogens (tertiary/aromatic N) is 5. The highest BCUT2D eigenvalue weighted by Crippen LogP contribution is 2.35. The Hall–Kier alpha value is -1.11. The summed E-state index contributed by atoms with van der Waals surface area (Å²) in [6.45, 7) is 0.928. The highest BCUT2D eigenvalue weighted by atomic mass is 32.2. The van der Waals surface area contributed by atoms with Gasteiger partial charge in [0.05, 0.1) is 5.75 Å². The molecular weight excluding hydrogens is 274 g/mol. The van der Waals surface area contributed by atoms with Gasteiger partial charge in [-0.1, -0.05) is 24.6 Å². The SMILES string of the molecule is Cn1nnnc1SCC(=O)N1CCC[C@@H]2CCCC[C@@H]21. The van der Waals surface area contributed by atoms with E-state index in [-0.39, 0.29) is 5.91 Å². The minimum Gasteiger partial charge on any atom is -0.339 e. The molecule has 6 nitrogen and oxygen atoms in total. The lowest BCUT2D eigenvalue weighted by molar-refractivity contribution is -0.134. The molecular formula is C13H21N5OS. The number of hydrogen-bond acceptors (Lipinski definition) is 5. The molecule has 0 aromatic carbocycles. The fraction of sp³-hybridized carbons (Fsp3) is 0.846. The van der Waals surface area contributed by atoms with E-state index in [9.17, 15) is 4.79 Å². The van der Waals surface area contributed by atoms with Gasteiger partial charge in [-0.15, -0.1) is 5.10 Å². The Morgan fingerprint density at radius 3 is 2.90 bits per heavy atom. The van der Waals surface area contributed by atoms with Crippen LogP contribution in [0.2, 0.25) is 0 Å². The second kappa shape index (κ2) is 6.11. The van der Waals surface area contributed by atoms with Crippen molar-refractivity contribution >= 4 is 17.7 Å². The summed E-state index contributed by atoms with van der Waals surface area (Å²) in [4.78, 5) is 14.6. The van der Waals surface area contributed by atoms with E-state index in [1.807, 2.05) is 0 Å². The molecule has 2 aliphatic rings.